The number of carbonyl (C=O) groups is 1. The normalized spacial score (nSPS) is 12.4. The van der Waals surface area contributed by atoms with Gasteiger partial charge in [-0.3, -0.25) is 4.79 Å². The Morgan fingerprint density at radius 1 is 1.75 bits per heavy atom. The molecular weight excluding hydrogens is 242 g/mol. The van der Waals surface area contributed by atoms with E-state index in [0.29, 0.717) is 5.13 Å². The minimum atomic E-state index is -0.100. The van der Waals surface area contributed by atoms with Gasteiger partial charge in [0.25, 0.3) is 0 Å². The number of nitrogens with two attached hydrogens (primary N) is 1. The topological polar surface area (TPSA) is 68.0 Å². The summed E-state index contributed by atoms with van der Waals surface area (Å²) in [4.78, 5) is 15.6. The van der Waals surface area contributed by atoms with Crippen LogP contribution in [0.3, 0.4) is 0 Å². The smallest absolute Gasteiger partial charge is 0.233 e. The van der Waals surface area contributed by atoms with Crippen molar-refractivity contribution >= 4 is 34.1 Å². The first-order valence-corrected chi connectivity index (χ1v) is 6.98. The molecule has 6 heteroatoms. The maximum atomic E-state index is 11.7. The van der Waals surface area contributed by atoms with Gasteiger partial charge in [-0.2, -0.15) is 0 Å². The Hall–Kier alpha value is -0.750. The number of nitrogens with zero attached hydrogens (tertiary/aromatic N) is 1. The maximum absolute atomic E-state index is 11.7. The monoisotopic (exact) mass is 259 g/mol. The van der Waals surface area contributed by atoms with E-state index in [1.54, 1.807) is 6.20 Å². The van der Waals surface area contributed by atoms with Crippen LogP contribution in [0.25, 0.3) is 0 Å². The zero-order valence-corrected chi connectivity index (χ0v) is 11.2. The molecule has 1 atom stereocenters. The third-order valence-electron chi connectivity index (χ3n) is 1.99. The van der Waals surface area contributed by atoms with Gasteiger partial charge in [-0.05, 0) is 13.3 Å². The summed E-state index contributed by atoms with van der Waals surface area (Å²) < 4.78 is 0.982. The molecule has 0 aliphatic carbocycles. The van der Waals surface area contributed by atoms with Crippen molar-refractivity contribution in [3.05, 3.63) is 6.20 Å². The average Bonchev–Trinajstić information content (AvgIpc) is 2.64. The van der Waals surface area contributed by atoms with Crippen LogP contribution in [0.1, 0.15) is 26.7 Å². The summed E-state index contributed by atoms with van der Waals surface area (Å²) in [5.74, 6) is 0.0745. The first kappa shape index (κ1) is 13.3. The van der Waals surface area contributed by atoms with Crippen LogP contribution in [0.4, 0.5) is 5.13 Å². The third-order valence-corrected chi connectivity index (χ3v) is 4.06. The van der Waals surface area contributed by atoms with E-state index in [1.807, 2.05) is 6.92 Å². The molecule has 0 spiro atoms. The number of nitrogen functional groups attached to an aromatic ring is 1. The zero-order chi connectivity index (χ0) is 12.0. The number of thioether (sulfide) groups is 1. The number of hydrogen-bond acceptors (Lipinski definition) is 5. The molecule has 1 aromatic rings. The Balaban J connectivity index is 2.34. The lowest BCUT2D eigenvalue weighted by Crippen LogP contribution is -2.31. The quantitative estimate of drug-likeness (QED) is 0.606. The third kappa shape index (κ3) is 4.40. The molecule has 4 nitrogen and oxygen atoms in total. The summed E-state index contributed by atoms with van der Waals surface area (Å²) in [5, 5.41) is 3.35. The number of hydrogen-bond donors (Lipinski definition) is 2. The number of aromatic nitrogens is 1. The SMILES string of the molecule is CCCCNC(=O)C(C)Sc1cnc(N)s1. The van der Waals surface area contributed by atoms with E-state index in [9.17, 15) is 4.79 Å². The van der Waals surface area contributed by atoms with Gasteiger partial charge >= 0.3 is 0 Å². The lowest BCUT2D eigenvalue weighted by atomic mass is 10.3. The molecule has 0 bridgehead atoms. The molecule has 90 valence electrons. The lowest BCUT2D eigenvalue weighted by Gasteiger charge is -2.09. The lowest BCUT2D eigenvalue weighted by molar-refractivity contribution is -0.120. The van der Waals surface area contributed by atoms with Crippen molar-refractivity contribution in [3.63, 3.8) is 0 Å². The zero-order valence-electron chi connectivity index (χ0n) is 9.53. The summed E-state index contributed by atoms with van der Waals surface area (Å²) in [6.45, 7) is 4.75. The number of thiazole rings is 1. The molecule has 1 aromatic heterocycles. The van der Waals surface area contributed by atoms with E-state index in [0.717, 1.165) is 23.6 Å². The predicted octanol–water partition coefficient (Wildman–Crippen LogP) is 2.12. The van der Waals surface area contributed by atoms with Crippen molar-refractivity contribution in [2.24, 2.45) is 0 Å². The summed E-state index contributed by atoms with van der Waals surface area (Å²) in [6, 6.07) is 0. The van der Waals surface area contributed by atoms with Crippen molar-refractivity contribution < 1.29 is 4.79 Å². The van der Waals surface area contributed by atoms with Gasteiger partial charge in [-0.1, -0.05) is 24.7 Å². The Bertz CT molecular complexity index is 341. The van der Waals surface area contributed by atoms with Gasteiger partial charge < -0.3 is 11.1 Å². The molecule has 16 heavy (non-hydrogen) atoms. The van der Waals surface area contributed by atoms with Crippen LogP contribution in [0.5, 0.6) is 0 Å². The molecular formula is C10H17N3OS2. The van der Waals surface area contributed by atoms with Crippen molar-refractivity contribution in [3.8, 4) is 0 Å². The molecule has 0 aliphatic heterocycles. The minimum absolute atomic E-state index is 0.0745. The summed E-state index contributed by atoms with van der Waals surface area (Å²) in [7, 11) is 0. The summed E-state index contributed by atoms with van der Waals surface area (Å²) in [5.41, 5.74) is 5.52. The van der Waals surface area contributed by atoms with Crippen LogP contribution in [-0.4, -0.2) is 22.7 Å². The van der Waals surface area contributed by atoms with Crippen LogP contribution < -0.4 is 11.1 Å². The van der Waals surface area contributed by atoms with E-state index >= 15 is 0 Å². The highest BCUT2D eigenvalue weighted by molar-refractivity contribution is 8.02. The Morgan fingerprint density at radius 3 is 3.06 bits per heavy atom. The highest BCUT2D eigenvalue weighted by Crippen LogP contribution is 2.29. The van der Waals surface area contributed by atoms with E-state index in [2.05, 4.69) is 17.2 Å². The number of nitrogens with one attached hydrogen (secondary N) is 1. The first-order chi connectivity index (χ1) is 7.63. The number of carbonyl (C=O) groups excluding carboxylic acids is 1. The number of amides is 1. The molecule has 0 fully saturated rings. The minimum Gasteiger partial charge on any atom is -0.375 e. The summed E-state index contributed by atoms with van der Waals surface area (Å²) >= 11 is 2.91. The number of anilines is 1. The largest absolute Gasteiger partial charge is 0.375 e. The number of unbranched alkanes of at least 4 members (excludes halogenated alkanes) is 1. The van der Waals surface area contributed by atoms with Crippen molar-refractivity contribution in [2.45, 2.75) is 36.1 Å². The predicted molar refractivity (Wildman–Crippen MR) is 69.8 cm³/mol. The van der Waals surface area contributed by atoms with E-state index in [-0.39, 0.29) is 11.2 Å². The van der Waals surface area contributed by atoms with E-state index < -0.39 is 0 Å². The number of rotatable bonds is 6. The van der Waals surface area contributed by atoms with Crippen LogP contribution in [0.15, 0.2) is 10.4 Å². The highest BCUT2D eigenvalue weighted by atomic mass is 32.2. The van der Waals surface area contributed by atoms with E-state index in [4.69, 9.17) is 5.73 Å². The molecule has 1 heterocycles. The molecule has 0 aromatic carbocycles. The van der Waals surface area contributed by atoms with Gasteiger partial charge in [0, 0.05) is 6.54 Å². The van der Waals surface area contributed by atoms with Crippen LogP contribution >= 0.6 is 23.1 Å². The van der Waals surface area contributed by atoms with Crippen LogP contribution in [0, 0.1) is 0 Å². The Kier molecular flexibility index (Phi) is 5.62. The van der Waals surface area contributed by atoms with Crippen molar-refractivity contribution in [1.29, 1.82) is 0 Å². The van der Waals surface area contributed by atoms with Gasteiger partial charge in [-0.25, -0.2) is 4.98 Å². The van der Waals surface area contributed by atoms with Gasteiger partial charge in [-0.15, -0.1) is 11.8 Å². The van der Waals surface area contributed by atoms with Gasteiger partial charge in [0.1, 0.15) is 0 Å². The maximum Gasteiger partial charge on any atom is 0.233 e. The Labute approximate surface area is 104 Å². The second-order valence-corrected chi connectivity index (χ2v) is 6.13. The molecule has 0 radical (unpaired) electrons. The van der Waals surface area contributed by atoms with Gasteiger partial charge in [0.2, 0.25) is 5.91 Å². The second kappa shape index (κ2) is 6.75. The van der Waals surface area contributed by atoms with Crippen molar-refractivity contribution in [1.82, 2.24) is 10.3 Å². The fraction of sp³-hybridized carbons (Fsp3) is 0.600. The fourth-order valence-corrected chi connectivity index (χ4v) is 3.04. The molecule has 1 rings (SSSR count). The van der Waals surface area contributed by atoms with Crippen LogP contribution in [-0.2, 0) is 4.79 Å². The standard InChI is InChI=1S/C10H17N3OS2/c1-3-4-5-12-9(14)7(2)15-8-6-13-10(11)16-8/h6-7H,3-5H2,1-2H3,(H2,11,13)(H,12,14). The molecule has 1 amide bonds. The average molecular weight is 259 g/mol. The molecule has 1 unspecified atom stereocenters. The molecule has 0 saturated heterocycles. The fourth-order valence-electron chi connectivity index (χ4n) is 1.09. The molecule has 0 aliphatic rings. The molecule has 0 saturated carbocycles. The van der Waals surface area contributed by atoms with Crippen molar-refractivity contribution in [2.75, 3.05) is 12.3 Å². The second-order valence-electron chi connectivity index (χ2n) is 3.42. The van der Waals surface area contributed by atoms with E-state index in [1.165, 1.54) is 23.1 Å². The summed E-state index contributed by atoms with van der Waals surface area (Å²) in [6.07, 6.45) is 3.82. The van der Waals surface area contributed by atoms with Crippen LogP contribution in [0.2, 0.25) is 0 Å². The van der Waals surface area contributed by atoms with Gasteiger partial charge in [0.05, 0.1) is 15.7 Å². The molecule has 3 N–H and O–H groups in total. The highest BCUT2D eigenvalue weighted by Gasteiger charge is 2.14. The first-order valence-electron chi connectivity index (χ1n) is 5.29. The van der Waals surface area contributed by atoms with Gasteiger partial charge in [0.15, 0.2) is 5.13 Å². The Morgan fingerprint density at radius 2 is 2.50 bits per heavy atom.